The molecule has 1 saturated carbocycles. The summed E-state index contributed by atoms with van der Waals surface area (Å²) >= 11 is 0. The fourth-order valence-electron chi connectivity index (χ4n) is 3.66. The zero-order valence-electron chi connectivity index (χ0n) is 14.2. The van der Waals surface area contributed by atoms with Crippen LogP contribution in [0.3, 0.4) is 0 Å². The molecule has 0 unspecified atom stereocenters. The second-order valence-corrected chi connectivity index (χ2v) is 6.78. The predicted octanol–water partition coefficient (Wildman–Crippen LogP) is 4.82. The Morgan fingerprint density at radius 1 is 1.00 bits per heavy atom. The van der Waals surface area contributed by atoms with Gasteiger partial charge in [-0.3, -0.25) is 0 Å². The van der Waals surface area contributed by atoms with E-state index >= 15 is 0 Å². The first kappa shape index (κ1) is 15.4. The van der Waals surface area contributed by atoms with Crippen molar-refractivity contribution in [3.63, 3.8) is 0 Å². The van der Waals surface area contributed by atoms with Crippen molar-refractivity contribution in [3.8, 4) is 5.69 Å². The monoisotopic (exact) mass is 296 g/mol. The summed E-state index contributed by atoms with van der Waals surface area (Å²) in [4.78, 5) is 0. The maximum atomic E-state index is 3.77. The number of rotatable bonds is 4. The van der Waals surface area contributed by atoms with E-state index in [-0.39, 0.29) is 0 Å². The highest BCUT2D eigenvalue weighted by Gasteiger charge is 2.15. The molecular weight excluding hydrogens is 268 g/mol. The highest BCUT2D eigenvalue weighted by atomic mass is 15.0. The van der Waals surface area contributed by atoms with E-state index in [0.29, 0.717) is 0 Å². The third kappa shape index (κ3) is 3.27. The van der Waals surface area contributed by atoms with Gasteiger partial charge in [-0.2, -0.15) is 0 Å². The number of benzene rings is 1. The minimum absolute atomic E-state index is 0.719. The molecule has 0 atom stereocenters. The van der Waals surface area contributed by atoms with E-state index in [4.69, 9.17) is 0 Å². The molecule has 0 bridgehead atoms. The summed E-state index contributed by atoms with van der Waals surface area (Å²) in [6.45, 7) is 7.58. The van der Waals surface area contributed by atoms with Gasteiger partial charge < -0.3 is 9.88 Å². The predicted molar refractivity (Wildman–Crippen MR) is 93.7 cm³/mol. The van der Waals surface area contributed by atoms with Crippen LogP contribution >= 0.6 is 0 Å². The lowest BCUT2D eigenvalue weighted by atomic mass is 9.95. The van der Waals surface area contributed by atoms with E-state index < -0.39 is 0 Å². The summed E-state index contributed by atoms with van der Waals surface area (Å²) in [5.41, 5.74) is 6.70. The molecule has 2 nitrogen and oxygen atoms in total. The lowest BCUT2D eigenvalue weighted by Crippen LogP contribution is -2.30. The summed E-state index contributed by atoms with van der Waals surface area (Å²) < 4.78 is 2.37. The van der Waals surface area contributed by atoms with Gasteiger partial charge in [-0.05, 0) is 57.4 Å². The van der Waals surface area contributed by atoms with Gasteiger partial charge >= 0.3 is 0 Å². The summed E-state index contributed by atoms with van der Waals surface area (Å²) in [7, 11) is 0. The molecule has 0 saturated heterocycles. The van der Waals surface area contributed by atoms with Crippen molar-refractivity contribution >= 4 is 0 Å². The maximum Gasteiger partial charge on any atom is 0.0455 e. The Hall–Kier alpha value is -1.54. The molecule has 2 heteroatoms. The van der Waals surface area contributed by atoms with Crippen molar-refractivity contribution in [2.24, 2.45) is 0 Å². The molecule has 0 aliphatic heterocycles. The highest BCUT2D eigenvalue weighted by Crippen LogP contribution is 2.22. The molecule has 0 spiro atoms. The van der Waals surface area contributed by atoms with Crippen LogP contribution in [0.4, 0.5) is 0 Å². The fourth-order valence-corrected chi connectivity index (χ4v) is 3.66. The van der Waals surface area contributed by atoms with E-state index in [1.165, 1.54) is 60.3 Å². The van der Waals surface area contributed by atoms with Crippen LogP contribution in [0, 0.1) is 20.8 Å². The van der Waals surface area contributed by atoms with Crippen molar-refractivity contribution in [1.82, 2.24) is 9.88 Å². The molecule has 22 heavy (non-hydrogen) atoms. The molecule has 1 N–H and O–H groups in total. The zero-order valence-corrected chi connectivity index (χ0v) is 14.2. The van der Waals surface area contributed by atoms with Crippen LogP contribution < -0.4 is 5.32 Å². The normalized spacial score (nSPS) is 16.1. The minimum Gasteiger partial charge on any atom is -0.318 e. The van der Waals surface area contributed by atoms with Gasteiger partial charge in [0.25, 0.3) is 0 Å². The quantitative estimate of drug-likeness (QED) is 0.855. The third-order valence-electron chi connectivity index (χ3n) is 5.01. The second kappa shape index (κ2) is 6.70. The molecular formula is C20H28N2. The molecule has 0 radical (unpaired) electrons. The first-order valence-electron chi connectivity index (χ1n) is 8.63. The molecule has 2 aromatic rings. The Labute approximate surface area is 134 Å². The van der Waals surface area contributed by atoms with Gasteiger partial charge in [0.1, 0.15) is 0 Å². The van der Waals surface area contributed by atoms with Gasteiger partial charge in [-0.15, -0.1) is 0 Å². The number of hydrogen-bond acceptors (Lipinski definition) is 1. The van der Waals surface area contributed by atoms with Crippen LogP contribution in [-0.2, 0) is 6.54 Å². The van der Waals surface area contributed by atoms with Gasteiger partial charge in [-0.1, -0.05) is 37.0 Å². The second-order valence-electron chi connectivity index (χ2n) is 6.78. The lowest BCUT2D eigenvalue weighted by molar-refractivity contribution is 0.372. The van der Waals surface area contributed by atoms with E-state index in [2.05, 4.69) is 61.0 Å². The standard InChI is InChI=1S/C20H28N2/c1-15-9-11-20(12-10-15)22-16(2)13-18(17(22)3)14-21-19-7-5-4-6-8-19/h9-13,19,21H,4-8,14H2,1-3H3. The molecule has 1 aromatic heterocycles. The summed E-state index contributed by atoms with van der Waals surface area (Å²) in [6, 6.07) is 11.9. The van der Waals surface area contributed by atoms with Crippen molar-refractivity contribution in [3.05, 3.63) is 52.8 Å². The van der Waals surface area contributed by atoms with Gasteiger partial charge in [0.05, 0.1) is 0 Å². The third-order valence-corrected chi connectivity index (χ3v) is 5.01. The average molecular weight is 296 g/mol. The molecule has 3 rings (SSSR count). The Kier molecular flexibility index (Phi) is 4.68. The van der Waals surface area contributed by atoms with Crippen LogP contribution in [0.5, 0.6) is 0 Å². The lowest BCUT2D eigenvalue weighted by Gasteiger charge is -2.22. The Morgan fingerprint density at radius 3 is 2.36 bits per heavy atom. The van der Waals surface area contributed by atoms with Gasteiger partial charge in [-0.25, -0.2) is 0 Å². The smallest absolute Gasteiger partial charge is 0.0455 e. The SMILES string of the molecule is Cc1ccc(-n2c(C)cc(CNC3CCCCC3)c2C)cc1. The van der Waals surface area contributed by atoms with Crippen LogP contribution in [0.25, 0.3) is 5.69 Å². The van der Waals surface area contributed by atoms with Crippen LogP contribution in [0.2, 0.25) is 0 Å². The van der Waals surface area contributed by atoms with Crippen LogP contribution in [0.15, 0.2) is 30.3 Å². The van der Waals surface area contributed by atoms with E-state index in [1.807, 2.05) is 0 Å². The van der Waals surface area contributed by atoms with E-state index in [1.54, 1.807) is 0 Å². The average Bonchev–Trinajstić information content (AvgIpc) is 2.82. The number of hydrogen-bond donors (Lipinski definition) is 1. The minimum atomic E-state index is 0.719. The Balaban J connectivity index is 1.76. The number of nitrogens with one attached hydrogen (secondary N) is 1. The fraction of sp³-hybridized carbons (Fsp3) is 0.500. The highest BCUT2D eigenvalue weighted by molar-refractivity contribution is 5.42. The van der Waals surface area contributed by atoms with Gasteiger partial charge in [0.2, 0.25) is 0 Å². The number of aromatic nitrogens is 1. The van der Waals surface area contributed by atoms with Gasteiger partial charge in [0.15, 0.2) is 0 Å². The summed E-state index contributed by atoms with van der Waals surface area (Å²) in [5.74, 6) is 0. The van der Waals surface area contributed by atoms with E-state index in [0.717, 1.165) is 12.6 Å². The zero-order chi connectivity index (χ0) is 15.5. The molecule has 1 fully saturated rings. The van der Waals surface area contributed by atoms with Crippen molar-refractivity contribution in [2.45, 2.75) is 65.5 Å². The topological polar surface area (TPSA) is 17.0 Å². The molecule has 0 amide bonds. The van der Waals surface area contributed by atoms with Crippen LogP contribution in [0.1, 0.15) is 54.6 Å². The molecule has 1 heterocycles. The van der Waals surface area contributed by atoms with Gasteiger partial charge in [0, 0.05) is 29.7 Å². The van der Waals surface area contributed by atoms with Crippen LogP contribution in [-0.4, -0.2) is 10.6 Å². The molecule has 118 valence electrons. The summed E-state index contributed by atoms with van der Waals surface area (Å²) in [6.07, 6.45) is 6.88. The first-order valence-corrected chi connectivity index (χ1v) is 8.63. The molecule has 1 aromatic carbocycles. The van der Waals surface area contributed by atoms with Crippen molar-refractivity contribution in [1.29, 1.82) is 0 Å². The Morgan fingerprint density at radius 2 is 1.68 bits per heavy atom. The molecule has 1 aliphatic carbocycles. The van der Waals surface area contributed by atoms with Crippen molar-refractivity contribution in [2.75, 3.05) is 0 Å². The maximum absolute atomic E-state index is 3.77. The first-order chi connectivity index (χ1) is 10.6. The number of aryl methyl sites for hydroxylation is 2. The molecule has 1 aliphatic rings. The van der Waals surface area contributed by atoms with Crippen molar-refractivity contribution < 1.29 is 0 Å². The largest absolute Gasteiger partial charge is 0.318 e. The van der Waals surface area contributed by atoms with E-state index in [9.17, 15) is 0 Å². The summed E-state index contributed by atoms with van der Waals surface area (Å²) in [5, 5.41) is 3.77. The Bertz CT molecular complexity index is 616. The number of nitrogens with zero attached hydrogens (tertiary/aromatic N) is 1.